The Bertz CT molecular complexity index is 926. The molecule has 0 fully saturated rings. The Hall–Kier alpha value is -2.41. The molecule has 0 bridgehead atoms. The SMILES string of the molecule is Cc1ccc(Cn2nc(C)c(NC(=O)C(C)n3cc(Br)cn3)c2C)cc1. The Labute approximate surface area is 161 Å². The summed E-state index contributed by atoms with van der Waals surface area (Å²) in [7, 11) is 0. The van der Waals surface area contributed by atoms with E-state index in [4.69, 9.17) is 0 Å². The second-order valence-electron chi connectivity index (χ2n) is 6.49. The monoisotopic (exact) mass is 415 g/mol. The predicted octanol–water partition coefficient (Wildman–Crippen LogP) is 4.02. The topological polar surface area (TPSA) is 64.7 Å². The van der Waals surface area contributed by atoms with Crippen molar-refractivity contribution in [1.29, 1.82) is 0 Å². The van der Waals surface area contributed by atoms with Gasteiger partial charge in [-0.05, 0) is 49.2 Å². The minimum absolute atomic E-state index is 0.123. The molecule has 2 heterocycles. The molecule has 1 N–H and O–H groups in total. The summed E-state index contributed by atoms with van der Waals surface area (Å²) < 4.78 is 4.39. The van der Waals surface area contributed by atoms with E-state index in [9.17, 15) is 4.79 Å². The van der Waals surface area contributed by atoms with Gasteiger partial charge >= 0.3 is 0 Å². The number of carbonyl (C=O) groups excluding carboxylic acids is 1. The van der Waals surface area contributed by atoms with Crippen LogP contribution in [0.1, 0.15) is 35.5 Å². The fourth-order valence-corrected chi connectivity index (χ4v) is 3.07. The zero-order valence-electron chi connectivity index (χ0n) is 15.3. The summed E-state index contributed by atoms with van der Waals surface area (Å²) in [5, 5.41) is 11.8. The third-order valence-corrected chi connectivity index (χ3v) is 4.84. The van der Waals surface area contributed by atoms with E-state index in [1.165, 1.54) is 11.1 Å². The summed E-state index contributed by atoms with van der Waals surface area (Å²) in [6, 6.07) is 7.96. The number of rotatable bonds is 5. The molecule has 0 aliphatic rings. The minimum atomic E-state index is -0.416. The third-order valence-electron chi connectivity index (χ3n) is 4.43. The lowest BCUT2D eigenvalue weighted by molar-refractivity contribution is -0.119. The van der Waals surface area contributed by atoms with Crippen LogP contribution in [0.25, 0.3) is 0 Å². The number of amides is 1. The van der Waals surface area contributed by atoms with E-state index in [0.717, 1.165) is 21.5 Å². The number of nitrogens with zero attached hydrogens (tertiary/aromatic N) is 4. The second kappa shape index (κ2) is 7.45. The van der Waals surface area contributed by atoms with Gasteiger partial charge in [0.2, 0.25) is 5.91 Å². The fraction of sp³-hybridized carbons (Fsp3) is 0.316. The fourth-order valence-electron chi connectivity index (χ4n) is 2.77. The summed E-state index contributed by atoms with van der Waals surface area (Å²) in [5.41, 5.74) is 4.91. The van der Waals surface area contributed by atoms with Crippen LogP contribution in [0, 0.1) is 20.8 Å². The number of aryl methyl sites for hydroxylation is 2. The molecule has 1 aromatic carbocycles. The first-order valence-corrected chi connectivity index (χ1v) is 9.24. The van der Waals surface area contributed by atoms with Crippen molar-refractivity contribution < 1.29 is 4.79 Å². The molecule has 0 aliphatic heterocycles. The van der Waals surface area contributed by atoms with Crippen molar-refractivity contribution in [2.24, 2.45) is 0 Å². The van der Waals surface area contributed by atoms with Crippen molar-refractivity contribution in [1.82, 2.24) is 19.6 Å². The molecule has 2 aromatic heterocycles. The number of hydrogen-bond acceptors (Lipinski definition) is 3. The molecule has 1 amide bonds. The van der Waals surface area contributed by atoms with Crippen molar-refractivity contribution in [2.75, 3.05) is 5.32 Å². The first kappa shape index (κ1) is 18.4. The van der Waals surface area contributed by atoms with Crippen LogP contribution in [0.2, 0.25) is 0 Å². The van der Waals surface area contributed by atoms with Crippen LogP contribution in [-0.2, 0) is 11.3 Å². The molecular weight excluding hydrogens is 394 g/mol. The molecule has 1 atom stereocenters. The molecule has 7 heteroatoms. The summed E-state index contributed by atoms with van der Waals surface area (Å²) >= 11 is 3.35. The molecule has 0 spiro atoms. The number of anilines is 1. The molecule has 26 heavy (non-hydrogen) atoms. The van der Waals surface area contributed by atoms with Gasteiger partial charge in [0.25, 0.3) is 0 Å². The molecule has 6 nitrogen and oxygen atoms in total. The van der Waals surface area contributed by atoms with Gasteiger partial charge in [-0.15, -0.1) is 0 Å². The average Bonchev–Trinajstić information content (AvgIpc) is 3.15. The number of halogens is 1. The van der Waals surface area contributed by atoms with E-state index in [-0.39, 0.29) is 5.91 Å². The Kier molecular flexibility index (Phi) is 5.27. The zero-order valence-corrected chi connectivity index (χ0v) is 16.9. The van der Waals surface area contributed by atoms with Crippen LogP contribution in [0.4, 0.5) is 5.69 Å². The minimum Gasteiger partial charge on any atom is -0.321 e. The van der Waals surface area contributed by atoms with Crippen LogP contribution < -0.4 is 5.32 Å². The molecular formula is C19H22BrN5O. The molecule has 3 aromatic rings. The number of aromatic nitrogens is 4. The molecule has 0 aliphatic carbocycles. The standard InChI is InChI=1S/C19H22BrN5O/c1-12-5-7-16(8-6-12)10-25-14(3)18(13(2)23-25)22-19(26)15(4)24-11-17(20)9-21-24/h5-9,11,15H,10H2,1-4H3,(H,22,26). The summed E-state index contributed by atoms with van der Waals surface area (Å²) in [4.78, 5) is 12.6. The van der Waals surface area contributed by atoms with Crippen molar-refractivity contribution in [3.05, 3.63) is 63.6 Å². The first-order valence-electron chi connectivity index (χ1n) is 8.45. The Balaban J connectivity index is 1.77. The summed E-state index contributed by atoms with van der Waals surface area (Å²) in [5.74, 6) is -0.123. The Morgan fingerprint density at radius 1 is 1.23 bits per heavy atom. The van der Waals surface area contributed by atoms with Gasteiger partial charge in [0.05, 0.1) is 34.3 Å². The van der Waals surface area contributed by atoms with Crippen LogP contribution in [0.15, 0.2) is 41.1 Å². The van der Waals surface area contributed by atoms with Gasteiger partial charge in [0.15, 0.2) is 0 Å². The van der Waals surface area contributed by atoms with E-state index >= 15 is 0 Å². The van der Waals surface area contributed by atoms with Crippen LogP contribution in [0.5, 0.6) is 0 Å². The van der Waals surface area contributed by atoms with Gasteiger partial charge in [-0.2, -0.15) is 10.2 Å². The smallest absolute Gasteiger partial charge is 0.249 e. The molecule has 1 unspecified atom stereocenters. The van der Waals surface area contributed by atoms with E-state index in [0.29, 0.717) is 6.54 Å². The van der Waals surface area contributed by atoms with Gasteiger partial charge in [-0.25, -0.2) is 0 Å². The highest BCUT2D eigenvalue weighted by Crippen LogP contribution is 2.22. The highest BCUT2D eigenvalue weighted by molar-refractivity contribution is 9.10. The molecule has 0 saturated heterocycles. The predicted molar refractivity (Wildman–Crippen MR) is 105 cm³/mol. The maximum absolute atomic E-state index is 12.6. The number of hydrogen-bond donors (Lipinski definition) is 1. The summed E-state index contributed by atoms with van der Waals surface area (Å²) in [6.07, 6.45) is 3.45. The van der Waals surface area contributed by atoms with Crippen LogP contribution in [0.3, 0.4) is 0 Å². The number of benzene rings is 1. The second-order valence-corrected chi connectivity index (χ2v) is 7.41. The molecule has 0 saturated carbocycles. The molecule has 136 valence electrons. The molecule has 0 radical (unpaired) electrons. The van der Waals surface area contributed by atoms with Gasteiger partial charge in [-0.1, -0.05) is 29.8 Å². The van der Waals surface area contributed by atoms with Crippen LogP contribution >= 0.6 is 15.9 Å². The van der Waals surface area contributed by atoms with Gasteiger partial charge in [-0.3, -0.25) is 14.2 Å². The first-order chi connectivity index (χ1) is 12.3. The third kappa shape index (κ3) is 3.88. The number of nitrogens with one attached hydrogen (secondary N) is 1. The maximum Gasteiger partial charge on any atom is 0.249 e. The maximum atomic E-state index is 12.6. The van der Waals surface area contributed by atoms with Crippen molar-refractivity contribution >= 4 is 27.5 Å². The highest BCUT2D eigenvalue weighted by atomic mass is 79.9. The van der Waals surface area contributed by atoms with Gasteiger partial charge in [0.1, 0.15) is 6.04 Å². The Morgan fingerprint density at radius 2 is 1.92 bits per heavy atom. The average molecular weight is 416 g/mol. The van der Waals surface area contributed by atoms with Gasteiger partial charge in [0, 0.05) is 6.20 Å². The lowest BCUT2D eigenvalue weighted by Crippen LogP contribution is -2.24. The Morgan fingerprint density at radius 3 is 2.54 bits per heavy atom. The van der Waals surface area contributed by atoms with Crippen LogP contribution in [-0.4, -0.2) is 25.5 Å². The van der Waals surface area contributed by atoms with Crippen molar-refractivity contribution in [2.45, 2.75) is 40.3 Å². The lowest BCUT2D eigenvalue weighted by atomic mass is 10.1. The van der Waals surface area contributed by atoms with Crippen molar-refractivity contribution in [3.8, 4) is 0 Å². The van der Waals surface area contributed by atoms with E-state index in [1.54, 1.807) is 17.1 Å². The number of carbonyl (C=O) groups is 1. The van der Waals surface area contributed by atoms with Crippen molar-refractivity contribution in [3.63, 3.8) is 0 Å². The largest absolute Gasteiger partial charge is 0.321 e. The highest BCUT2D eigenvalue weighted by Gasteiger charge is 2.20. The van der Waals surface area contributed by atoms with E-state index < -0.39 is 6.04 Å². The normalized spacial score (nSPS) is 12.2. The lowest BCUT2D eigenvalue weighted by Gasteiger charge is -2.13. The van der Waals surface area contributed by atoms with E-state index in [1.807, 2.05) is 25.5 Å². The van der Waals surface area contributed by atoms with Gasteiger partial charge < -0.3 is 5.32 Å². The summed E-state index contributed by atoms with van der Waals surface area (Å²) in [6.45, 7) is 8.43. The quantitative estimate of drug-likeness (QED) is 0.684. The van der Waals surface area contributed by atoms with E-state index in [2.05, 4.69) is 62.6 Å². The molecule has 3 rings (SSSR count). The zero-order chi connectivity index (χ0) is 18.8.